The minimum Gasteiger partial charge on any atom is -0.289 e. The van der Waals surface area contributed by atoms with Gasteiger partial charge in [-0.25, -0.2) is 4.39 Å². The van der Waals surface area contributed by atoms with E-state index in [1.807, 2.05) is 32.0 Å². The number of aryl methyl sites for hydroxylation is 2. The molecule has 0 heterocycles. The molecular weight excluding hydrogens is 239 g/mol. The number of benzene rings is 2. The lowest BCUT2D eigenvalue weighted by molar-refractivity contribution is 0.104. The van der Waals surface area contributed by atoms with Crippen LogP contribution in [0.2, 0.25) is 0 Å². The summed E-state index contributed by atoms with van der Waals surface area (Å²) in [6.45, 7) is 3.86. The second-order valence-corrected chi connectivity index (χ2v) is 4.57. The highest BCUT2D eigenvalue weighted by atomic mass is 19.1. The highest BCUT2D eigenvalue weighted by molar-refractivity contribution is 6.07. The zero-order valence-corrected chi connectivity index (χ0v) is 11.0. The zero-order chi connectivity index (χ0) is 13.8. The van der Waals surface area contributed by atoms with Gasteiger partial charge in [0.1, 0.15) is 5.82 Å². The Morgan fingerprint density at radius 2 is 1.89 bits per heavy atom. The van der Waals surface area contributed by atoms with E-state index in [0.29, 0.717) is 11.1 Å². The molecule has 0 aromatic heterocycles. The molecular formula is C17H15FO. The molecule has 0 radical (unpaired) electrons. The van der Waals surface area contributed by atoms with Gasteiger partial charge in [-0.05, 0) is 49.2 Å². The number of ketones is 1. The Bertz CT molecular complexity index is 641. The lowest BCUT2D eigenvalue weighted by atomic mass is 10.0. The van der Waals surface area contributed by atoms with E-state index in [4.69, 9.17) is 0 Å². The number of carbonyl (C=O) groups is 1. The Morgan fingerprint density at radius 1 is 1.11 bits per heavy atom. The third kappa shape index (κ3) is 3.38. The number of carbonyl (C=O) groups excluding carboxylic acids is 1. The van der Waals surface area contributed by atoms with Crippen LogP contribution in [-0.4, -0.2) is 5.78 Å². The third-order valence-corrected chi connectivity index (χ3v) is 2.93. The topological polar surface area (TPSA) is 17.1 Å². The molecule has 96 valence electrons. The van der Waals surface area contributed by atoms with Gasteiger partial charge < -0.3 is 0 Å². The third-order valence-electron chi connectivity index (χ3n) is 2.93. The van der Waals surface area contributed by atoms with E-state index in [2.05, 4.69) is 0 Å². The molecule has 0 aliphatic carbocycles. The van der Waals surface area contributed by atoms with Gasteiger partial charge in [-0.15, -0.1) is 0 Å². The molecule has 0 atom stereocenters. The van der Waals surface area contributed by atoms with Crippen molar-refractivity contribution in [1.29, 1.82) is 0 Å². The second kappa shape index (κ2) is 5.61. The molecule has 2 aromatic carbocycles. The van der Waals surface area contributed by atoms with E-state index in [0.717, 1.165) is 11.1 Å². The monoisotopic (exact) mass is 254 g/mol. The molecule has 0 saturated carbocycles. The van der Waals surface area contributed by atoms with Crippen LogP contribution in [0.4, 0.5) is 4.39 Å². The summed E-state index contributed by atoms with van der Waals surface area (Å²) in [6, 6.07) is 11.9. The van der Waals surface area contributed by atoms with E-state index in [9.17, 15) is 9.18 Å². The first kappa shape index (κ1) is 13.2. The number of halogens is 1. The van der Waals surface area contributed by atoms with Crippen molar-refractivity contribution in [3.8, 4) is 0 Å². The molecule has 0 unspecified atom stereocenters. The van der Waals surface area contributed by atoms with Crippen LogP contribution in [0.3, 0.4) is 0 Å². The number of hydrogen-bond acceptors (Lipinski definition) is 1. The van der Waals surface area contributed by atoms with Gasteiger partial charge in [0.2, 0.25) is 0 Å². The first-order valence-corrected chi connectivity index (χ1v) is 6.11. The van der Waals surface area contributed by atoms with Crippen molar-refractivity contribution in [3.05, 3.63) is 76.6 Å². The molecule has 1 nitrogen and oxygen atoms in total. The van der Waals surface area contributed by atoms with Gasteiger partial charge in [0.25, 0.3) is 0 Å². The Morgan fingerprint density at radius 3 is 2.63 bits per heavy atom. The maximum Gasteiger partial charge on any atom is 0.186 e. The lowest BCUT2D eigenvalue weighted by Crippen LogP contribution is -1.98. The predicted molar refractivity (Wildman–Crippen MR) is 75.7 cm³/mol. The maximum absolute atomic E-state index is 13.0. The van der Waals surface area contributed by atoms with Gasteiger partial charge in [0.15, 0.2) is 5.78 Å². The summed E-state index contributed by atoms with van der Waals surface area (Å²) in [5.74, 6) is -0.369. The minimum atomic E-state index is -0.304. The fourth-order valence-corrected chi connectivity index (χ4v) is 1.87. The predicted octanol–water partition coefficient (Wildman–Crippen LogP) is 4.34. The van der Waals surface area contributed by atoms with Crippen LogP contribution >= 0.6 is 0 Å². The average Bonchev–Trinajstić information content (AvgIpc) is 2.39. The summed E-state index contributed by atoms with van der Waals surface area (Å²) in [6.07, 6.45) is 3.11. The normalized spacial score (nSPS) is 10.9. The van der Waals surface area contributed by atoms with Crippen LogP contribution in [0.5, 0.6) is 0 Å². The van der Waals surface area contributed by atoms with E-state index in [1.54, 1.807) is 18.2 Å². The van der Waals surface area contributed by atoms with E-state index in [-0.39, 0.29) is 11.6 Å². The van der Waals surface area contributed by atoms with Crippen molar-refractivity contribution in [1.82, 2.24) is 0 Å². The van der Waals surface area contributed by atoms with Gasteiger partial charge in [0.05, 0.1) is 0 Å². The Balaban J connectivity index is 2.23. The Labute approximate surface area is 112 Å². The molecule has 2 aromatic rings. The SMILES string of the molecule is Cc1ccc(C)c(C(=O)/C=C/c2cccc(F)c2)c1. The van der Waals surface area contributed by atoms with Crippen molar-refractivity contribution in [2.45, 2.75) is 13.8 Å². The van der Waals surface area contributed by atoms with Gasteiger partial charge in [-0.2, -0.15) is 0 Å². The fourth-order valence-electron chi connectivity index (χ4n) is 1.87. The molecule has 2 rings (SSSR count). The van der Waals surface area contributed by atoms with Crippen molar-refractivity contribution in [3.63, 3.8) is 0 Å². The molecule has 0 saturated heterocycles. The van der Waals surface area contributed by atoms with Crippen molar-refractivity contribution < 1.29 is 9.18 Å². The maximum atomic E-state index is 13.0. The average molecular weight is 254 g/mol. The van der Waals surface area contributed by atoms with Crippen molar-refractivity contribution >= 4 is 11.9 Å². The minimum absolute atomic E-state index is 0.0644. The van der Waals surface area contributed by atoms with Crippen LogP contribution in [0.15, 0.2) is 48.5 Å². The standard InChI is InChI=1S/C17H15FO/c1-12-6-7-13(2)16(10-12)17(19)9-8-14-4-3-5-15(18)11-14/h3-11H,1-2H3/b9-8+. The highest BCUT2D eigenvalue weighted by Gasteiger charge is 2.05. The lowest BCUT2D eigenvalue weighted by Gasteiger charge is -2.03. The van der Waals surface area contributed by atoms with Gasteiger partial charge in [-0.1, -0.05) is 35.9 Å². The van der Waals surface area contributed by atoms with Crippen molar-refractivity contribution in [2.24, 2.45) is 0 Å². The molecule has 0 N–H and O–H groups in total. The highest BCUT2D eigenvalue weighted by Crippen LogP contribution is 2.13. The number of hydrogen-bond donors (Lipinski definition) is 0. The Hall–Kier alpha value is -2.22. The van der Waals surface area contributed by atoms with Crippen LogP contribution in [0.1, 0.15) is 27.0 Å². The van der Waals surface area contributed by atoms with Gasteiger partial charge >= 0.3 is 0 Å². The largest absolute Gasteiger partial charge is 0.289 e. The number of rotatable bonds is 3. The first-order chi connectivity index (χ1) is 9.06. The van der Waals surface area contributed by atoms with Crippen LogP contribution in [0.25, 0.3) is 6.08 Å². The molecule has 0 fully saturated rings. The summed E-state index contributed by atoms with van der Waals surface area (Å²) in [5.41, 5.74) is 3.36. The summed E-state index contributed by atoms with van der Waals surface area (Å²) in [7, 11) is 0. The Kier molecular flexibility index (Phi) is 3.91. The van der Waals surface area contributed by atoms with E-state index in [1.165, 1.54) is 18.2 Å². The molecule has 0 aliphatic heterocycles. The molecule has 0 spiro atoms. The summed E-state index contributed by atoms with van der Waals surface area (Å²) in [5, 5.41) is 0. The smallest absolute Gasteiger partial charge is 0.186 e. The molecule has 0 bridgehead atoms. The van der Waals surface area contributed by atoms with Gasteiger partial charge in [0, 0.05) is 5.56 Å². The molecule has 2 heteroatoms. The van der Waals surface area contributed by atoms with Crippen LogP contribution in [0, 0.1) is 19.7 Å². The van der Waals surface area contributed by atoms with Gasteiger partial charge in [-0.3, -0.25) is 4.79 Å². The quantitative estimate of drug-likeness (QED) is 0.588. The van der Waals surface area contributed by atoms with E-state index < -0.39 is 0 Å². The summed E-state index contributed by atoms with van der Waals surface area (Å²) >= 11 is 0. The molecule has 19 heavy (non-hydrogen) atoms. The van der Waals surface area contributed by atoms with Crippen LogP contribution in [-0.2, 0) is 0 Å². The molecule has 0 amide bonds. The first-order valence-electron chi connectivity index (χ1n) is 6.11. The fraction of sp³-hybridized carbons (Fsp3) is 0.118. The van der Waals surface area contributed by atoms with E-state index >= 15 is 0 Å². The van der Waals surface area contributed by atoms with Crippen LogP contribution < -0.4 is 0 Å². The second-order valence-electron chi connectivity index (χ2n) is 4.57. The molecule has 0 aliphatic rings. The summed E-state index contributed by atoms with van der Waals surface area (Å²) in [4.78, 5) is 12.1. The zero-order valence-electron chi connectivity index (χ0n) is 11.0. The number of allylic oxidation sites excluding steroid dienone is 1. The van der Waals surface area contributed by atoms with Crippen molar-refractivity contribution in [2.75, 3.05) is 0 Å². The summed E-state index contributed by atoms with van der Waals surface area (Å²) < 4.78 is 13.0.